The Morgan fingerprint density at radius 3 is 1.74 bits per heavy atom. The van der Waals surface area contributed by atoms with Crippen LogP contribution in [0.2, 0.25) is 16.6 Å². The lowest BCUT2D eigenvalue weighted by atomic mass is 10.1. The lowest BCUT2D eigenvalue weighted by molar-refractivity contribution is -0.143. The van der Waals surface area contributed by atoms with Gasteiger partial charge in [0, 0.05) is 6.42 Å². The van der Waals surface area contributed by atoms with Crippen LogP contribution in [-0.2, 0) is 14.0 Å². The van der Waals surface area contributed by atoms with E-state index in [0.29, 0.717) is 16.6 Å². The van der Waals surface area contributed by atoms with E-state index in [1.807, 2.05) is 6.92 Å². The van der Waals surface area contributed by atoms with Gasteiger partial charge in [-0.3, -0.25) is 4.79 Å². The smallest absolute Gasteiger partial charge is 0.308 e. The molecule has 0 saturated carbocycles. The van der Waals surface area contributed by atoms with Crippen molar-refractivity contribution in [3.05, 3.63) is 0 Å². The Bertz CT molecular complexity index is 335. The Balaban J connectivity index is 4.92. The van der Waals surface area contributed by atoms with Crippen LogP contribution in [0.25, 0.3) is 0 Å². The molecule has 0 unspecified atom stereocenters. The molecule has 138 valence electrons. The first-order valence-corrected chi connectivity index (χ1v) is 10.7. The molecule has 23 heavy (non-hydrogen) atoms. The van der Waals surface area contributed by atoms with Gasteiger partial charge in [-0.05, 0) is 23.5 Å². The van der Waals surface area contributed by atoms with Crippen molar-refractivity contribution in [2.75, 3.05) is 7.11 Å². The highest BCUT2D eigenvalue weighted by atomic mass is 28.4. The van der Waals surface area contributed by atoms with Gasteiger partial charge < -0.3 is 19.4 Å². The summed E-state index contributed by atoms with van der Waals surface area (Å²) in [5.41, 5.74) is 1.28. The van der Waals surface area contributed by atoms with Crippen molar-refractivity contribution in [2.45, 2.75) is 96.2 Å². The highest BCUT2D eigenvalue weighted by Crippen LogP contribution is 2.43. The average Bonchev–Trinajstić information content (AvgIpc) is 2.42. The largest absolute Gasteiger partial charge is 0.469 e. The summed E-state index contributed by atoms with van der Waals surface area (Å²) < 4.78 is 11.0. The molecule has 0 spiro atoms. The Morgan fingerprint density at radius 2 is 1.39 bits per heavy atom. The number of methoxy groups -OCH3 is 1. The number of aliphatic hydroxyl groups excluding tert-OH is 2. The molecule has 0 aliphatic carbocycles. The van der Waals surface area contributed by atoms with E-state index in [1.54, 1.807) is 0 Å². The lowest BCUT2D eigenvalue weighted by Gasteiger charge is -2.45. The minimum atomic E-state index is -2.08. The van der Waals surface area contributed by atoms with E-state index >= 15 is 0 Å². The zero-order chi connectivity index (χ0) is 18.4. The van der Waals surface area contributed by atoms with E-state index in [0.717, 1.165) is 0 Å². The maximum absolute atomic E-state index is 11.2. The van der Waals surface area contributed by atoms with Crippen molar-refractivity contribution in [3.63, 3.8) is 0 Å². The number of carbonyl (C=O) groups is 1. The molecule has 0 amide bonds. The molecule has 6 heteroatoms. The predicted molar refractivity (Wildman–Crippen MR) is 94.9 cm³/mol. The minimum Gasteiger partial charge on any atom is -0.469 e. The van der Waals surface area contributed by atoms with E-state index in [-0.39, 0.29) is 18.9 Å². The number of esters is 1. The normalized spacial score (nSPS) is 16.7. The van der Waals surface area contributed by atoms with Gasteiger partial charge >= 0.3 is 5.97 Å². The number of aliphatic hydroxyl groups is 2. The SMILES string of the molecule is COC(=O)C[C@H](O)C[C@@H](O)[C@H](C)O[Si](C(C)C)(C(C)C)C(C)C. The third-order valence-corrected chi connectivity index (χ3v) is 11.0. The summed E-state index contributed by atoms with van der Waals surface area (Å²) in [7, 11) is -0.794. The summed E-state index contributed by atoms with van der Waals surface area (Å²) in [5.74, 6) is -0.478. The number of carbonyl (C=O) groups excluding carboxylic acids is 1. The summed E-state index contributed by atoms with van der Waals surface area (Å²) in [4.78, 5) is 11.2. The molecule has 0 fully saturated rings. The molecule has 0 bridgehead atoms. The molecule has 0 aliphatic heterocycles. The summed E-state index contributed by atoms with van der Waals surface area (Å²) in [5, 5.41) is 20.3. The van der Waals surface area contributed by atoms with Crippen LogP contribution < -0.4 is 0 Å². The van der Waals surface area contributed by atoms with Gasteiger partial charge in [0.1, 0.15) is 0 Å². The lowest BCUT2D eigenvalue weighted by Crippen LogP contribution is -2.52. The zero-order valence-electron chi connectivity index (χ0n) is 16.0. The molecule has 0 aliphatic rings. The summed E-state index contributed by atoms with van der Waals surface area (Å²) in [6.07, 6.45) is -2.10. The van der Waals surface area contributed by atoms with Crippen LogP contribution in [0.1, 0.15) is 61.3 Å². The third kappa shape index (κ3) is 6.18. The highest BCUT2D eigenvalue weighted by molar-refractivity contribution is 6.77. The van der Waals surface area contributed by atoms with Crippen molar-refractivity contribution < 1.29 is 24.2 Å². The van der Waals surface area contributed by atoms with Crippen molar-refractivity contribution in [1.29, 1.82) is 0 Å². The topological polar surface area (TPSA) is 76.0 Å². The Labute approximate surface area is 142 Å². The molecule has 3 atom stereocenters. The molecule has 0 aromatic rings. The number of hydrogen-bond acceptors (Lipinski definition) is 5. The van der Waals surface area contributed by atoms with E-state index in [1.165, 1.54) is 7.11 Å². The van der Waals surface area contributed by atoms with Crippen molar-refractivity contribution in [3.8, 4) is 0 Å². The first kappa shape index (κ1) is 22.6. The van der Waals surface area contributed by atoms with Gasteiger partial charge in [0.2, 0.25) is 8.32 Å². The number of hydrogen-bond donors (Lipinski definition) is 2. The van der Waals surface area contributed by atoms with Crippen LogP contribution in [0.3, 0.4) is 0 Å². The summed E-state index contributed by atoms with van der Waals surface area (Å²) in [6.45, 7) is 15.0. The second-order valence-corrected chi connectivity index (χ2v) is 12.8. The fraction of sp³-hybridized carbons (Fsp3) is 0.941. The fourth-order valence-corrected chi connectivity index (χ4v) is 9.26. The fourth-order valence-electron chi connectivity index (χ4n) is 3.64. The molecule has 2 N–H and O–H groups in total. The highest BCUT2D eigenvalue weighted by Gasteiger charge is 2.46. The van der Waals surface area contributed by atoms with Crippen LogP contribution in [0.4, 0.5) is 0 Å². The van der Waals surface area contributed by atoms with Crippen LogP contribution in [0, 0.1) is 0 Å². The zero-order valence-corrected chi connectivity index (χ0v) is 17.0. The van der Waals surface area contributed by atoms with Crippen molar-refractivity contribution in [2.24, 2.45) is 0 Å². The summed E-state index contributed by atoms with van der Waals surface area (Å²) in [6, 6.07) is 0. The van der Waals surface area contributed by atoms with Crippen molar-refractivity contribution in [1.82, 2.24) is 0 Å². The summed E-state index contributed by atoms with van der Waals surface area (Å²) >= 11 is 0. The number of rotatable bonds is 10. The Hall–Kier alpha value is -0.433. The van der Waals surface area contributed by atoms with Crippen molar-refractivity contribution >= 4 is 14.3 Å². The first-order valence-electron chi connectivity index (χ1n) is 8.59. The van der Waals surface area contributed by atoms with E-state index in [9.17, 15) is 15.0 Å². The third-order valence-electron chi connectivity index (χ3n) is 4.78. The molecule has 5 nitrogen and oxygen atoms in total. The average molecular weight is 349 g/mol. The molecule has 0 heterocycles. The van der Waals surface area contributed by atoms with E-state index < -0.39 is 26.5 Å². The Morgan fingerprint density at radius 1 is 0.957 bits per heavy atom. The first-order chi connectivity index (χ1) is 10.5. The standard InChI is InChI=1S/C17H36O5Si/c1-11(2)23(12(3)4,13(5)6)22-14(7)16(19)9-15(18)10-17(20)21-8/h11-16,18-19H,9-10H2,1-8H3/t14-,15+,16+/m0/s1. The van der Waals surface area contributed by atoms with Crippen LogP contribution in [0.15, 0.2) is 0 Å². The molecule has 0 saturated heterocycles. The van der Waals surface area contributed by atoms with Gasteiger partial charge in [-0.25, -0.2) is 0 Å². The van der Waals surface area contributed by atoms with Gasteiger partial charge in [-0.1, -0.05) is 41.5 Å². The molecule has 0 aromatic heterocycles. The van der Waals surface area contributed by atoms with Gasteiger partial charge in [-0.15, -0.1) is 0 Å². The minimum absolute atomic E-state index is 0.106. The number of ether oxygens (including phenoxy) is 1. The van der Waals surface area contributed by atoms with E-state index in [4.69, 9.17) is 4.43 Å². The monoisotopic (exact) mass is 348 g/mol. The maximum Gasteiger partial charge on any atom is 0.308 e. The molecule has 0 aromatic carbocycles. The molecular weight excluding hydrogens is 312 g/mol. The van der Waals surface area contributed by atoms with Crippen LogP contribution in [0.5, 0.6) is 0 Å². The maximum atomic E-state index is 11.2. The predicted octanol–water partition coefficient (Wildman–Crippen LogP) is 3.24. The second-order valence-electron chi connectivity index (χ2n) is 7.38. The van der Waals surface area contributed by atoms with Crippen LogP contribution >= 0.6 is 0 Å². The molecular formula is C17H36O5Si. The molecule has 0 radical (unpaired) electrons. The van der Waals surface area contributed by atoms with Crippen LogP contribution in [-0.4, -0.2) is 49.9 Å². The van der Waals surface area contributed by atoms with Gasteiger partial charge in [0.05, 0.1) is 31.8 Å². The van der Waals surface area contributed by atoms with Gasteiger partial charge in [0.15, 0.2) is 0 Å². The quantitative estimate of drug-likeness (QED) is 0.468. The Kier molecular flexibility index (Phi) is 9.58. The molecule has 0 rings (SSSR count). The van der Waals surface area contributed by atoms with E-state index in [2.05, 4.69) is 46.3 Å². The van der Waals surface area contributed by atoms with Gasteiger partial charge in [-0.2, -0.15) is 0 Å². The van der Waals surface area contributed by atoms with Gasteiger partial charge in [0.25, 0.3) is 0 Å². The second kappa shape index (κ2) is 9.76.